The van der Waals surface area contributed by atoms with Gasteiger partial charge < -0.3 is 15.2 Å². The van der Waals surface area contributed by atoms with Crippen molar-refractivity contribution in [2.45, 2.75) is 19.9 Å². The molecule has 2 N–H and O–H groups in total. The Bertz CT molecular complexity index is 679. The number of esters is 1. The summed E-state index contributed by atoms with van der Waals surface area (Å²) in [7, 11) is 0. The van der Waals surface area contributed by atoms with Gasteiger partial charge in [0, 0.05) is 12.1 Å². The summed E-state index contributed by atoms with van der Waals surface area (Å²) in [5, 5.41) is 16.2. The quantitative estimate of drug-likeness (QED) is 0.824. The largest absolute Gasteiger partial charge is 0.507 e. The molecule has 0 spiro atoms. The maximum atomic E-state index is 11.8. The van der Waals surface area contributed by atoms with Crippen molar-refractivity contribution in [3.63, 3.8) is 0 Å². The van der Waals surface area contributed by atoms with Gasteiger partial charge in [-0.25, -0.2) is 9.48 Å². The van der Waals surface area contributed by atoms with Crippen LogP contribution in [0.3, 0.4) is 0 Å². The predicted octanol–water partition coefficient (Wildman–Crippen LogP) is 1.97. The Morgan fingerprint density at radius 1 is 1.32 bits per heavy atom. The zero-order chi connectivity index (χ0) is 16.1. The summed E-state index contributed by atoms with van der Waals surface area (Å²) in [5.41, 5.74) is 0.0162. The average molecular weight is 303 g/mol. The van der Waals surface area contributed by atoms with Crippen molar-refractivity contribution >= 4 is 17.7 Å². The second kappa shape index (κ2) is 6.75. The van der Waals surface area contributed by atoms with Crippen LogP contribution in [0, 0.1) is 0 Å². The van der Waals surface area contributed by atoms with Gasteiger partial charge in [-0.3, -0.25) is 4.79 Å². The zero-order valence-corrected chi connectivity index (χ0v) is 12.3. The molecule has 2 rings (SSSR count). The van der Waals surface area contributed by atoms with E-state index >= 15 is 0 Å². The number of phenolic OH excluding ortho intramolecular Hbond substituents is 1. The number of hydrogen-bond acceptors (Lipinski definition) is 5. The Labute approximate surface area is 127 Å². The van der Waals surface area contributed by atoms with Gasteiger partial charge >= 0.3 is 5.97 Å². The summed E-state index contributed by atoms with van der Waals surface area (Å²) in [6.07, 6.45) is 1.57. The number of benzene rings is 1. The molecule has 1 heterocycles. The molecule has 0 fully saturated rings. The normalized spacial score (nSPS) is 10.5. The molecular weight excluding hydrogens is 286 g/mol. The smallest absolute Gasteiger partial charge is 0.342 e. The molecule has 0 saturated carbocycles. The van der Waals surface area contributed by atoms with E-state index in [9.17, 15) is 14.7 Å². The lowest BCUT2D eigenvalue weighted by molar-refractivity contribution is -0.119. The van der Waals surface area contributed by atoms with Gasteiger partial charge in [0.2, 0.25) is 0 Å². The lowest BCUT2D eigenvalue weighted by atomic mass is 10.2. The Morgan fingerprint density at radius 2 is 2.05 bits per heavy atom. The van der Waals surface area contributed by atoms with Gasteiger partial charge in [-0.05, 0) is 26.0 Å². The van der Waals surface area contributed by atoms with Crippen LogP contribution in [0.15, 0.2) is 36.5 Å². The minimum absolute atomic E-state index is 0.0162. The number of amides is 1. The molecule has 7 heteroatoms. The molecular formula is C15H17N3O4. The third kappa shape index (κ3) is 3.63. The maximum absolute atomic E-state index is 11.8. The first kappa shape index (κ1) is 15.6. The van der Waals surface area contributed by atoms with E-state index in [4.69, 9.17) is 4.74 Å². The van der Waals surface area contributed by atoms with Crippen molar-refractivity contribution in [3.8, 4) is 5.75 Å². The number of carbonyl (C=O) groups excluding carboxylic acids is 2. The molecule has 1 amide bonds. The molecule has 0 aliphatic rings. The number of phenols is 1. The Hall–Kier alpha value is -2.83. The third-order valence-corrected chi connectivity index (χ3v) is 2.89. The summed E-state index contributed by atoms with van der Waals surface area (Å²) >= 11 is 0. The Morgan fingerprint density at radius 3 is 2.73 bits per heavy atom. The minimum Gasteiger partial charge on any atom is -0.507 e. The molecule has 0 aliphatic carbocycles. The topological polar surface area (TPSA) is 93.5 Å². The van der Waals surface area contributed by atoms with Crippen LogP contribution in [0.2, 0.25) is 0 Å². The third-order valence-electron chi connectivity index (χ3n) is 2.89. The molecule has 0 saturated heterocycles. The van der Waals surface area contributed by atoms with Crippen molar-refractivity contribution in [1.82, 2.24) is 9.78 Å². The number of aromatic hydroxyl groups is 1. The Kier molecular flexibility index (Phi) is 4.77. The fraction of sp³-hybridized carbons (Fsp3) is 0.267. The number of ether oxygens (including phenoxy) is 1. The van der Waals surface area contributed by atoms with Gasteiger partial charge in [0.05, 0.1) is 6.20 Å². The van der Waals surface area contributed by atoms with Crippen molar-refractivity contribution < 1.29 is 19.4 Å². The Balaban J connectivity index is 1.92. The summed E-state index contributed by atoms with van der Waals surface area (Å²) in [6, 6.07) is 7.72. The number of nitrogens with one attached hydrogen (secondary N) is 1. The number of para-hydroxylation sites is 1. The molecule has 1 aromatic carbocycles. The highest BCUT2D eigenvalue weighted by atomic mass is 16.5. The van der Waals surface area contributed by atoms with Crippen molar-refractivity contribution in [2.75, 3.05) is 11.9 Å². The molecule has 7 nitrogen and oxygen atoms in total. The number of hydrogen-bond donors (Lipinski definition) is 2. The van der Waals surface area contributed by atoms with Gasteiger partial charge in [0.25, 0.3) is 5.91 Å². The fourth-order valence-corrected chi connectivity index (χ4v) is 1.86. The predicted molar refractivity (Wildman–Crippen MR) is 79.6 cm³/mol. The molecule has 0 unspecified atom stereocenters. The van der Waals surface area contributed by atoms with Crippen molar-refractivity contribution in [2.24, 2.45) is 0 Å². The lowest BCUT2D eigenvalue weighted by Gasteiger charge is -2.12. The van der Waals surface area contributed by atoms with E-state index in [2.05, 4.69) is 10.4 Å². The van der Waals surface area contributed by atoms with Crippen LogP contribution in [0.25, 0.3) is 0 Å². The standard InChI is InChI=1S/C15H17N3O4/c1-10(2)18-13(7-8-16-18)17-14(20)9-22-15(21)11-5-3-4-6-12(11)19/h3-8,10,19H,9H2,1-2H3,(H,17,20). The lowest BCUT2D eigenvalue weighted by Crippen LogP contribution is -2.23. The molecule has 0 radical (unpaired) electrons. The van der Waals surface area contributed by atoms with Gasteiger partial charge in [0.1, 0.15) is 17.1 Å². The number of nitrogens with zero attached hydrogens (tertiary/aromatic N) is 2. The second-order valence-electron chi connectivity index (χ2n) is 4.90. The number of carbonyl (C=O) groups is 2. The maximum Gasteiger partial charge on any atom is 0.342 e. The highest BCUT2D eigenvalue weighted by Crippen LogP contribution is 2.16. The molecule has 2 aromatic rings. The minimum atomic E-state index is -0.759. The first-order valence-corrected chi connectivity index (χ1v) is 6.77. The zero-order valence-electron chi connectivity index (χ0n) is 12.3. The highest BCUT2D eigenvalue weighted by Gasteiger charge is 2.15. The summed E-state index contributed by atoms with van der Waals surface area (Å²) in [5.74, 6) is -0.902. The number of anilines is 1. The van der Waals surface area contributed by atoms with E-state index in [0.29, 0.717) is 5.82 Å². The average Bonchev–Trinajstić information content (AvgIpc) is 2.93. The summed E-state index contributed by atoms with van der Waals surface area (Å²) in [4.78, 5) is 23.6. The van der Waals surface area contributed by atoms with Crippen LogP contribution in [-0.2, 0) is 9.53 Å². The van der Waals surface area contributed by atoms with Gasteiger partial charge in [-0.2, -0.15) is 5.10 Å². The van der Waals surface area contributed by atoms with Gasteiger partial charge in [-0.15, -0.1) is 0 Å². The van der Waals surface area contributed by atoms with E-state index in [1.807, 2.05) is 13.8 Å². The first-order valence-electron chi connectivity index (χ1n) is 6.77. The highest BCUT2D eigenvalue weighted by molar-refractivity contribution is 5.96. The van der Waals surface area contributed by atoms with Crippen molar-refractivity contribution in [3.05, 3.63) is 42.1 Å². The van der Waals surface area contributed by atoms with Gasteiger partial charge in [0.15, 0.2) is 6.61 Å². The van der Waals surface area contributed by atoms with Crippen molar-refractivity contribution in [1.29, 1.82) is 0 Å². The molecule has 0 atom stereocenters. The molecule has 0 aliphatic heterocycles. The molecule has 116 valence electrons. The summed E-state index contributed by atoms with van der Waals surface area (Å²) < 4.78 is 6.52. The van der Waals surface area contributed by atoms with E-state index in [1.165, 1.54) is 12.1 Å². The number of aromatic nitrogens is 2. The van der Waals surface area contributed by atoms with Crippen LogP contribution in [0.4, 0.5) is 5.82 Å². The molecule has 0 bridgehead atoms. The SMILES string of the molecule is CC(C)n1nccc1NC(=O)COC(=O)c1ccccc1O. The van der Waals surface area contributed by atoms with Crippen LogP contribution in [0.5, 0.6) is 5.75 Å². The fourth-order valence-electron chi connectivity index (χ4n) is 1.86. The number of rotatable bonds is 5. The second-order valence-corrected chi connectivity index (χ2v) is 4.90. The molecule has 22 heavy (non-hydrogen) atoms. The van der Waals surface area contributed by atoms with Crippen LogP contribution in [0.1, 0.15) is 30.2 Å². The van der Waals surface area contributed by atoms with Crippen LogP contribution < -0.4 is 5.32 Å². The van der Waals surface area contributed by atoms with E-state index in [-0.39, 0.29) is 17.4 Å². The van der Waals surface area contributed by atoms with Gasteiger partial charge in [-0.1, -0.05) is 12.1 Å². The molecule has 1 aromatic heterocycles. The van der Waals surface area contributed by atoms with Crippen LogP contribution >= 0.6 is 0 Å². The van der Waals surface area contributed by atoms with Crippen LogP contribution in [-0.4, -0.2) is 33.4 Å². The first-order chi connectivity index (χ1) is 10.5. The van der Waals surface area contributed by atoms with E-state index < -0.39 is 18.5 Å². The van der Waals surface area contributed by atoms with E-state index in [1.54, 1.807) is 29.1 Å². The monoisotopic (exact) mass is 303 g/mol. The van der Waals surface area contributed by atoms with E-state index in [0.717, 1.165) is 0 Å². The summed E-state index contributed by atoms with van der Waals surface area (Å²) in [6.45, 7) is 3.41.